The van der Waals surface area contributed by atoms with Gasteiger partial charge in [-0.2, -0.15) is 0 Å². The Labute approximate surface area is 156 Å². The molecule has 0 spiro atoms. The van der Waals surface area contributed by atoms with Gasteiger partial charge in [0.2, 0.25) is 5.89 Å². The van der Waals surface area contributed by atoms with Crippen molar-refractivity contribution in [2.45, 2.75) is 17.4 Å². The van der Waals surface area contributed by atoms with Crippen LogP contribution in [0.1, 0.15) is 17.3 Å². The quantitative estimate of drug-likeness (QED) is 0.400. The number of Topliss-reactive ketones (excluding diaryl/α,β-unsaturated/α-hetero) is 1. The highest BCUT2D eigenvalue weighted by Crippen LogP contribution is 2.29. The molecule has 1 heterocycles. The molecule has 1 aromatic heterocycles. The molecule has 3 rings (SSSR count). The zero-order valence-corrected chi connectivity index (χ0v) is 15.7. The number of aromatic nitrogens is 2. The van der Waals surface area contributed by atoms with Gasteiger partial charge in [0.15, 0.2) is 5.78 Å². The molecule has 0 unspecified atom stereocenters. The highest BCUT2D eigenvalue weighted by atomic mass is 79.9. The van der Waals surface area contributed by atoms with Gasteiger partial charge in [0, 0.05) is 20.6 Å². The van der Waals surface area contributed by atoms with Gasteiger partial charge >= 0.3 is 0 Å². The molecular weight excluding hydrogens is 412 g/mol. The van der Waals surface area contributed by atoms with E-state index in [0.29, 0.717) is 21.7 Å². The summed E-state index contributed by atoms with van der Waals surface area (Å²) in [5.41, 5.74) is 1.38. The first-order valence-corrected chi connectivity index (χ1v) is 9.14. The van der Waals surface area contributed by atoms with Crippen LogP contribution in [0.3, 0.4) is 0 Å². The second-order valence-electron chi connectivity index (χ2n) is 5.02. The molecule has 0 radical (unpaired) electrons. The largest absolute Gasteiger partial charge is 0.411 e. The van der Waals surface area contributed by atoms with E-state index in [1.54, 1.807) is 31.2 Å². The van der Waals surface area contributed by atoms with Gasteiger partial charge in [-0.1, -0.05) is 57.5 Å². The first-order valence-electron chi connectivity index (χ1n) is 7.09. The summed E-state index contributed by atoms with van der Waals surface area (Å²) in [6.45, 7) is 1.80. The Morgan fingerprint density at radius 2 is 2.00 bits per heavy atom. The number of ketones is 1. The summed E-state index contributed by atoms with van der Waals surface area (Å²) >= 11 is 10.6. The molecule has 0 bridgehead atoms. The molecule has 0 saturated heterocycles. The van der Waals surface area contributed by atoms with Crippen LogP contribution in [0.5, 0.6) is 0 Å². The first-order chi connectivity index (χ1) is 11.5. The van der Waals surface area contributed by atoms with Crippen LogP contribution in [0.2, 0.25) is 5.02 Å². The lowest BCUT2D eigenvalue weighted by atomic mass is 10.1. The first kappa shape index (κ1) is 17.2. The lowest BCUT2D eigenvalue weighted by Gasteiger charge is -2.07. The number of carbonyl (C=O) groups is 1. The van der Waals surface area contributed by atoms with Gasteiger partial charge in [-0.15, -0.1) is 10.2 Å². The highest BCUT2D eigenvalue weighted by Gasteiger charge is 2.20. The zero-order chi connectivity index (χ0) is 17.1. The molecule has 0 aliphatic rings. The number of hydrogen-bond acceptors (Lipinski definition) is 5. The molecule has 0 aliphatic carbocycles. The second kappa shape index (κ2) is 7.51. The summed E-state index contributed by atoms with van der Waals surface area (Å²) in [5.74, 6) is 0.380. The maximum atomic E-state index is 12.4. The highest BCUT2D eigenvalue weighted by molar-refractivity contribution is 9.10. The molecule has 1 atom stereocenters. The van der Waals surface area contributed by atoms with E-state index in [1.807, 2.05) is 24.3 Å². The maximum absolute atomic E-state index is 12.4. The summed E-state index contributed by atoms with van der Waals surface area (Å²) in [6, 6.07) is 14.5. The van der Waals surface area contributed by atoms with Crippen molar-refractivity contribution in [3.63, 3.8) is 0 Å². The van der Waals surface area contributed by atoms with Crippen LogP contribution in [-0.4, -0.2) is 21.2 Å². The molecule has 24 heavy (non-hydrogen) atoms. The van der Waals surface area contributed by atoms with Gasteiger partial charge in [0.1, 0.15) is 0 Å². The Bertz CT molecular complexity index is 884. The maximum Gasteiger partial charge on any atom is 0.277 e. The van der Waals surface area contributed by atoms with Gasteiger partial charge in [0.25, 0.3) is 5.22 Å². The Morgan fingerprint density at radius 3 is 2.75 bits per heavy atom. The summed E-state index contributed by atoms with van der Waals surface area (Å²) in [5, 5.41) is 8.57. The summed E-state index contributed by atoms with van der Waals surface area (Å²) in [7, 11) is 0. The zero-order valence-electron chi connectivity index (χ0n) is 12.6. The van der Waals surface area contributed by atoms with Crippen LogP contribution < -0.4 is 0 Å². The molecule has 0 aliphatic heterocycles. The number of carbonyl (C=O) groups excluding carboxylic acids is 1. The minimum absolute atomic E-state index is 0.0373. The van der Waals surface area contributed by atoms with E-state index in [-0.39, 0.29) is 11.0 Å². The molecule has 0 amide bonds. The van der Waals surface area contributed by atoms with Gasteiger partial charge in [-0.3, -0.25) is 4.79 Å². The number of hydrogen-bond donors (Lipinski definition) is 0. The molecule has 3 aromatic rings. The van der Waals surface area contributed by atoms with E-state index in [2.05, 4.69) is 26.1 Å². The van der Waals surface area contributed by atoms with Crippen molar-refractivity contribution < 1.29 is 9.21 Å². The number of nitrogens with zero attached hydrogens (tertiary/aromatic N) is 2. The summed E-state index contributed by atoms with van der Waals surface area (Å²) < 4.78 is 6.57. The molecule has 0 saturated carbocycles. The predicted octanol–water partition coefficient (Wildman–Crippen LogP) is 5.52. The lowest BCUT2D eigenvalue weighted by Crippen LogP contribution is -2.13. The SMILES string of the molecule is C[C@@H](Sc1nnc(-c2cccc(Br)c2)o1)C(=O)c1cccc(Cl)c1. The number of benzene rings is 2. The van der Waals surface area contributed by atoms with E-state index in [1.165, 1.54) is 11.8 Å². The molecule has 122 valence electrons. The minimum atomic E-state index is -0.362. The second-order valence-corrected chi connectivity index (χ2v) is 7.66. The standard InChI is InChI=1S/C17H12BrClN2O2S/c1-10(15(22)11-4-3-7-14(19)9-11)24-17-21-20-16(23-17)12-5-2-6-13(18)8-12/h2-10H,1H3/t10-/m1/s1. The van der Waals surface area contributed by atoms with E-state index in [9.17, 15) is 4.79 Å². The van der Waals surface area contributed by atoms with Crippen LogP contribution in [0.15, 0.2) is 62.6 Å². The molecule has 0 fully saturated rings. The Kier molecular flexibility index (Phi) is 5.38. The van der Waals surface area contributed by atoms with E-state index < -0.39 is 0 Å². The van der Waals surface area contributed by atoms with Gasteiger partial charge in [-0.05, 0) is 37.3 Å². The Balaban J connectivity index is 1.73. The predicted molar refractivity (Wildman–Crippen MR) is 98.5 cm³/mol. The van der Waals surface area contributed by atoms with Crippen molar-refractivity contribution >= 4 is 45.1 Å². The molecule has 7 heteroatoms. The Morgan fingerprint density at radius 1 is 1.21 bits per heavy atom. The van der Waals surface area contributed by atoms with Crippen LogP contribution >= 0.6 is 39.3 Å². The van der Waals surface area contributed by atoms with Crippen molar-refractivity contribution in [3.05, 3.63) is 63.6 Å². The van der Waals surface area contributed by atoms with Crippen molar-refractivity contribution in [2.24, 2.45) is 0 Å². The fourth-order valence-electron chi connectivity index (χ4n) is 2.08. The van der Waals surface area contributed by atoms with Crippen LogP contribution in [0.4, 0.5) is 0 Å². The third kappa shape index (κ3) is 4.06. The van der Waals surface area contributed by atoms with E-state index in [0.717, 1.165) is 10.0 Å². The van der Waals surface area contributed by atoms with Crippen molar-refractivity contribution in [1.29, 1.82) is 0 Å². The smallest absolute Gasteiger partial charge is 0.277 e. The molecular formula is C17H12BrClN2O2S. The average molecular weight is 424 g/mol. The van der Waals surface area contributed by atoms with E-state index >= 15 is 0 Å². The normalized spacial score (nSPS) is 12.1. The number of halogens is 2. The van der Waals surface area contributed by atoms with Gasteiger partial charge in [-0.25, -0.2) is 0 Å². The van der Waals surface area contributed by atoms with Crippen molar-refractivity contribution in [1.82, 2.24) is 10.2 Å². The molecule has 0 N–H and O–H groups in total. The van der Waals surface area contributed by atoms with Crippen LogP contribution in [-0.2, 0) is 0 Å². The summed E-state index contributed by atoms with van der Waals surface area (Å²) in [6.07, 6.45) is 0. The third-order valence-electron chi connectivity index (χ3n) is 3.23. The fourth-order valence-corrected chi connectivity index (χ4v) is 3.43. The average Bonchev–Trinajstić information content (AvgIpc) is 3.02. The Hall–Kier alpha value is -1.63. The topological polar surface area (TPSA) is 56.0 Å². The van der Waals surface area contributed by atoms with Crippen molar-refractivity contribution in [3.8, 4) is 11.5 Å². The fraction of sp³-hybridized carbons (Fsp3) is 0.118. The molecule has 4 nitrogen and oxygen atoms in total. The van der Waals surface area contributed by atoms with Crippen LogP contribution in [0, 0.1) is 0 Å². The van der Waals surface area contributed by atoms with Gasteiger partial charge in [0.05, 0.1) is 5.25 Å². The molecule has 2 aromatic carbocycles. The monoisotopic (exact) mass is 422 g/mol. The van der Waals surface area contributed by atoms with Gasteiger partial charge < -0.3 is 4.42 Å². The minimum Gasteiger partial charge on any atom is -0.411 e. The lowest BCUT2D eigenvalue weighted by molar-refractivity contribution is 0.0993. The number of thioether (sulfide) groups is 1. The third-order valence-corrected chi connectivity index (χ3v) is 4.90. The summed E-state index contributed by atoms with van der Waals surface area (Å²) in [4.78, 5) is 12.4. The van der Waals surface area contributed by atoms with Crippen LogP contribution in [0.25, 0.3) is 11.5 Å². The van der Waals surface area contributed by atoms with Crippen molar-refractivity contribution in [2.75, 3.05) is 0 Å². The van der Waals surface area contributed by atoms with E-state index in [4.69, 9.17) is 16.0 Å². The number of rotatable bonds is 5.